The van der Waals surface area contributed by atoms with Gasteiger partial charge in [-0.05, 0) is 276 Å². The topological polar surface area (TPSA) is 84.8 Å². The second kappa shape index (κ2) is 26.5. The van der Waals surface area contributed by atoms with Crippen LogP contribution in [0.2, 0.25) is 0 Å². The molecule has 0 atom stereocenters. The van der Waals surface area contributed by atoms with Gasteiger partial charge in [0.05, 0.1) is 0 Å². The monoisotopic (exact) mass is 1370 g/mol. The zero-order valence-corrected chi connectivity index (χ0v) is 60.7. The Morgan fingerprint density at radius 2 is 0.551 bits per heavy atom. The summed E-state index contributed by atoms with van der Waals surface area (Å²) in [5.41, 5.74) is 9.39. The van der Waals surface area contributed by atoms with Crippen molar-refractivity contribution in [2.75, 3.05) is 0 Å². The van der Waals surface area contributed by atoms with E-state index in [1.165, 1.54) is 164 Å². The Labute approximate surface area is 595 Å². The van der Waals surface area contributed by atoms with Gasteiger partial charge >= 0.3 is 17.1 Å². The smallest absolute Gasteiger partial charge is 0.872 e. The van der Waals surface area contributed by atoms with E-state index < -0.39 is 14.5 Å². The van der Waals surface area contributed by atoms with Crippen molar-refractivity contribution in [2.45, 2.75) is 172 Å². The Kier molecular flexibility index (Phi) is 17.9. The van der Waals surface area contributed by atoms with Gasteiger partial charge in [-0.15, -0.1) is 21.8 Å². The van der Waals surface area contributed by atoms with Crippen molar-refractivity contribution in [2.24, 2.45) is 57.8 Å². The van der Waals surface area contributed by atoms with Gasteiger partial charge in [0.25, 0.3) is 0 Å². The molecule has 9 aromatic carbocycles. The maximum absolute atomic E-state index is 15.0. The van der Waals surface area contributed by atoms with Crippen molar-refractivity contribution < 1.29 is 32.4 Å². The third kappa shape index (κ3) is 11.9. The predicted molar refractivity (Wildman–Crippen MR) is 397 cm³/mol. The van der Waals surface area contributed by atoms with Gasteiger partial charge in [0.1, 0.15) is 23.0 Å². The number of nitrogens with zero attached hydrogens (tertiary/aromatic N) is 2. The molecule has 0 radical (unpaired) electrons. The summed E-state index contributed by atoms with van der Waals surface area (Å²) in [5.74, 6) is 7.63. The molecule has 9 aromatic rings. The fourth-order valence-electron chi connectivity index (χ4n) is 23.6. The van der Waals surface area contributed by atoms with E-state index in [1.807, 2.05) is 0 Å². The molecular weight excluding hydrogens is 1270 g/mol. The third-order valence-corrected chi connectivity index (χ3v) is 34.4. The van der Waals surface area contributed by atoms with Gasteiger partial charge < -0.3 is 15.3 Å². The standard InChI is InChI=1S/C54H69NO3.C36H30NP2.Mn/c1-31-4-43(49(56)46(7-31)52-19-34-10-35(20-52)12-36(11-34)21-52)28-55(29-44-5-32(2)8-47(50(44)57)53-22-37-13-38(23-53)15-39(14-37)24-53)30-45-6-33(3)9-48(51(45)58)54-25-40-16-41(26-54)18-42(17-40)27-54;1-7-19-31(20-8-1)38(32-21-9-2-10-22-32,33-23-11-3-12-24-33)37-39(34-25-13-4-14-26-34,35-27-15-5-16-28-35)36-29-17-6-18-30-36;/h4-9,34-42,56-58H,10-30H2,1-3H3;1-30H;/q;+1;+3/p-3. The van der Waals surface area contributed by atoms with Crippen molar-refractivity contribution in [3.63, 3.8) is 0 Å². The molecule has 0 amide bonds. The molecule has 98 heavy (non-hydrogen) atoms. The van der Waals surface area contributed by atoms with Crippen LogP contribution in [0.1, 0.15) is 166 Å². The molecule has 12 aliphatic carbocycles. The summed E-state index contributed by atoms with van der Waals surface area (Å²) < 4.78 is 6.38. The third-order valence-electron chi connectivity index (χ3n) is 26.0. The molecule has 5 nitrogen and oxygen atoms in total. The Bertz CT molecular complexity index is 3860. The van der Waals surface area contributed by atoms with Crippen molar-refractivity contribution in [1.29, 1.82) is 0 Å². The van der Waals surface area contributed by atoms with E-state index in [4.69, 9.17) is 4.52 Å². The second-order valence-electron chi connectivity index (χ2n) is 33.0. The minimum Gasteiger partial charge on any atom is -0.872 e. The second-order valence-corrected chi connectivity index (χ2v) is 39.4. The average Bonchev–Trinajstić information content (AvgIpc) is 0.689. The number of benzene rings is 9. The van der Waals surface area contributed by atoms with E-state index in [0.717, 1.165) is 86.6 Å². The maximum Gasteiger partial charge on any atom is 3.00 e. The van der Waals surface area contributed by atoms with Gasteiger partial charge in [-0.2, -0.15) is 0 Å². The molecule has 12 saturated carbocycles. The summed E-state index contributed by atoms with van der Waals surface area (Å²) in [4.78, 5) is 2.33. The molecule has 0 aliphatic heterocycles. The average molecular weight is 1370 g/mol. The van der Waals surface area contributed by atoms with Gasteiger partial charge in [0.2, 0.25) is 7.41 Å². The Morgan fingerprint density at radius 1 is 0.337 bits per heavy atom. The van der Waals surface area contributed by atoms with Crippen LogP contribution in [0.3, 0.4) is 0 Å². The van der Waals surface area contributed by atoms with Crippen LogP contribution in [-0.2, 0) is 52.9 Å². The van der Waals surface area contributed by atoms with Gasteiger partial charge in [0, 0.05) is 35.5 Å². The van der Waals surface area contributed by atoms with Crippen LogP contribution < -0.4 is 47.1 Å². The molecule has 8 heteroatoms. The van der Waals surface area contributed by atoms with Crippen molar-refractivity contribution in [3.05, 3.63) is 268 Å². The van der Waals surface area contributed by atoms with Crippen LogP contribution in [-0.4, -0.2) is 4.90 Å². The molecule has 12 fully saturated rings. The van der Waals surface area contributed by atoms with Gasteiger partial charge in [-0.3, -0.25) is 4.90 Å². The van der Waals surface area contributed by atoms with E-state index >= 15 is 0 Å². The van der Waals surface area contributed by atoms with E-state index in [9.17, 15) is 15.3 Å². The molecule has 500 valence electrons. The van der Waals surface area contributed by atoms with E-state index in [1.54, 1.807) is 0 Å². The SMILES string of the molecule is Cc1cc(CN(Cc2cc(C)cc(C34CC5CC(CC(C5)C3)C4)c2[O-])Cc2cc(C)cc(C34CC5CC(CC(C5)C3)C4)c2[O-])c([O-])c(C23CC4CC(CC(C4)C2)C3)c1.[Mn+3].c1ccc(P(=N[P+](c2ccccc2)(c2ccccc2)c2ccccc2)(c2ccccc2)c2ccccc2)cc1. The number of hydrogen-bond donors (Lipinski definition) is 0. The van der Waals surface area contributed by atoms with E-state index in [0.29, 0.717) is 19.6 Å². The molecule has 0 unspecified atom stereocenters. The van der Waals surface area contributed by atoms with E-state index in [-0.39, 0.29) is 50.6 Å². The summed E-state index contributed by atoms with van der Waals surface area (Å²) in [6.07, 6.45) is 22.8. The molecular formula is C90H96MnN2O3P2+. The molecule has 21 rings (SSSR count). The fourth-order valence-corrected chi connectivity index (χ4v) is 33.1. The van der Waals surface area contributed by atoms with Crippen LogP contribution in [0.5, 0.6) is 17.2 Å². The first-order chi connectivity index (χ1) is 47.2. The normalized spacial score (nSPS) is 28.3. The first-order valence-electron chi connectivity index (χ1n) is 37.2. The Hall–Kier alpha value is -6.48. The fraction of sp³-hybridized carbons (Fsp3) is 0.400. The molecule has 0 N–H and O–H groups in total. The van der Waals surface area contributed by atoms with Gasteiger partial charge in [-0.1, -0.05) is 199 Å². The molecule has 12 aliphatic rings. The Balaban J connectivity index is 0.000000164. The van der Waals surface area contributed by atoms with Crippen LogP contribution in [0.4, 0.5) is 0 Å². The first-order valence-corrected chi connectivity index (χ1v) is 40.7. The van der Waals surface area contributed by atoms with Crippen molar-refractivity contribution in [3.8, 4) is 17.2 Å². The number of rotatable bonds is 16. The molecule has 0 saturated heterocycles. The van der Waals surface area contributed by atoms with Crippen LogP contribution in [0.15, 0.2) is 223 Å². The molecule has 0 heterocycles. The summed E-state index contributed by atoms with van der Waals surface area (Å²) >= 11 is 0. The summed E-state index contributed by atoms with van der Waals surface area (Å²) in [6, 6.07) is 78.9. The van der Waals surface area contributed by atoms with Crippen LogP contribution >= 0.6 is 14.5 Å². The number of hydrogen-bond acceptors (Lipinski definition) is 5. The molecule has 12 bridgehead atoms. The summed E-state index contributed by atoms with van der Waals surface area (Å²) in [5, 5.41) is 52.5. The Morgan fingerprint density at radius 3 is 0.776 bits per heavy atom. The quantitative estimate of drug-likeness (QED) is 0.0713. The zero-order chi connectivity index (χ0) is 65.7. The van der Waals surface area contributed by atoms with Gasteiger partial charge in [-0.25, -0.2) is 0 Å². The molecule has 0 spiro atoms. The first kappa shape index (κ1) is 66.1. The van der Waals surface area contributed by atoms with E-state index in [2.05, 4.69) is 244 Å². The molecule has 0 aromatic heterocycles. The van der Waals surface area contributed by atoms with Crippen molar-refractivity contribution in [1.82, 2.24) is 4.90 Å². The van der Waals surface area contributed by atoms with Crippen LogP contribution in [0, 0.1) is 74.0 Å². The van der Waals surface area contributed by atoms with Gasteiger partial charge in [0.15, 0.2) is 0 Å². The summed E-state index contributed by atoms with van der Waals surface area (Å²) in [7, 11) is -4.99. The maximum atomic E-state index is 15.0. The largest absolute Gasteiger partial charge is 3.00 e. The summed E-state index contributed by atoms with van der Waals surface area (Å²) in [6.45, 7) is 7.91. The predicted octanol–water partition coefficient (Wildman–Crippen LogP) is 17.5. The van der Waals surface area contributed by atoms with Crippen LogP contribution in [0.25, 0.3) is 0 Å². The minimum absolute atomic E-state index is 0. The zero-order valence-electron chi connectivity index (χ0n) is 57.7. The van der Waals surface area contributed by atoms with Crippen molar-refractivity contribution >= 4 is 46.3 Å². The number of aryl methyl sites for hydroxylation is 3. The minimum atomic E-state index is -2.50.